The number of amides is 2. The number of hydrogen-bond acceptors (Lipinski definition) is 3. The number of hydrogen-bond donors (Lipinski definition) is 0. The lowest BCUT2D eigenvalue weighted by Gasteiger charge is -2.39. The maximum Gasteiger partial charge on any atom is 0.254 e. The van der Waals surface area contributed by atoms with Gasteiger partial charge in [-0.2, -0.15) is 0 Å². The molecule has 1 heterocycles. The van der Waals surface area contributed by atoms with Crippen LogP contribution in [-0.4, -0.2) is 42.5 Å². The molecule has 1 unspecified atom stereocenters. The van der Waals surface area contributed by atoms with Gasteiger partial charge in [0.2, 0.25) is 5.91 Å². The first-order valence-corrected chi connectivity index (χ1v) is 9.48. The smallest absolute Gasteiger partial charge is 0.254 e. The highest BCUT2D eigenvalue weighted by Crippen LogP contribution is 2.27. The number of anilines is 1. The number of piperazine rings is 1. The molecule has 0 saturated carbocycles. The van der Waals surface area contributed by atoms with Crippen molar-refractivity contribution in [2.45, 2.75) is 19.9 Å². The summed E-state index contributed by atoms with van der Waals surface area (Å²) in [5.74, 6) is 0.338. The average molecular weight is 407 g/mol. The molecule has 0 spiro atoms. The first kappa shape index (κ1) is 19.5. The van der Waals surface area contributed by atoms with Crippen LogP contribution in [0, 0.1) is 0 Å². The predicted molar refractivity (Wildman–Crippen MR) is 107 cm³/mol. The summed E-state index contributed by atoms with van der Waals surface area (Å²) in [5.41, 5.74) is 1.18. The second-order valence-corrected chi connectivity index (χ2v) is 7.04. The minimum atomic E-state index is -0.587. The minimum absolute atomic E-state index is 0.136. The maximum atomic E-state index is 12.9. The third-order valence-corrected chi connectivity index (χ3v) is 5.26. The highest BCUT2D eigenvalue weighted by molar-refractivity contribution is 6.42. The summed E-state index contributed by atoms with van der Waals surface area (Å²) in [4.78, 5) is 29.0. The van der Waals surface area contributed by atoms with Gasteiger partial charge in [-0.25, -0.2) is 0 Å². The van der Waals surface area contributed by atoms with Crippen molar-refractivity contribution in [3.63, 3.8) is 0 Å². The Labute approximate surface area is 168 Å². The Bertz CT molecular complexity index is 872. The molecule has 1 aliphatic rings. The van der Waals surface area contributed by atoms with Crippen LogP contribution in [0.15, 0.2) is 42.5 Å². The van der Waals surface area contributed by atoms with Gasteiger partial charge in [0.15, 0.2) is 0 Å². The van der Waals surface area contributed by atoms with E-state index in [1.165, 1.54) is 6.07 Å². The molecule has 3 rings (SSSR count). The molecule has 1 saturated heterocycles. The molecule has 0 aromatic heterocycles. The van der Waals surface area contributed by atoms with Crippen molar-refractivity contribution >= 4 is 40.7 Å². The Morgan fingerprint density at radius 1 is 1.15 bits per heavy atom. The highest BCUT2D eigenvalue weighted by atomic mass is 35.5. The summed E-state index contributed by atoms with van der Waals surface area (Å²) in [6.45, 7) is 5.03. The standard InChI is InChI=1S/C20H20Cl2N2O3/c1-3-27-16-6-4-5-15(12-16)24-10-9-23(13(2)19(24)25)20(26)14-7-8-17(21)18(22)11-14/h4-8,11-13H,3,9-10H2,1-2H3. The fraction of sp³-hybridized carbons (Fsp3) is 0.300. The number of benzene rings is 2. The van der Waals surface area contributed by atoms with E-state index < -0.39 is 6.04 Å². The first-order chi connectivity index (χ1) is 12.9. The summed E-state index contributed by atoms with van der Waals surface area (Å²) in [7, 11) is 0. The average Bonchev–Trinajstić information content (AvgIpc) is 2.66. The third-order valence-electron chi connectivity index (χ3n) is 4.52. The normalized spacial score (nSPS) is 17.2. The van der Waals surface area contributed by atoms with Crippen molar-refractivity contribution in [1.29, 1.82) is 0 Å². The van der Waals surface area contributed by atoms with E-state index in [2.05, 4.69) is 0 Å². The number of nitrogens with zero attached hydrogens (tertiary/aromatic N) is 2. The van der Waals surface area contributed by atoms with Gasteiger partial charge in [0.1, 0.15) is 11.8 Å². The largest absolute Gasteiger partial charge is 0.494 e. The summed E-state index contributed by atoms with van der Waals surface area (Å²) in [5, 5.41) is 0.698. The van der Waals surface area contributed by atoms with Crippen LogP contribution in [-0.2, 0) is 4.79 Å². The van der Waals surface area contributed by atoms with Gasteiger partial charge in [-0.15, -0.1) is 0 Å². The van der Waals surface area contributed by atoms with Gasteiger partial charge >= 0.3 is 0 Å². The van der Waals surface area contributed by atoms with E-state index >= 15 is 0 Å². The van der Waals surface area contributed by atoms with E-state index in [9.17, 15) is 9.59 Å². The second kappa shape index (κ2) is 8.19. The van der Waals surface area contributed by atoms with Crippen LogP contribution in [0.25, 0.3) is 0 Å². The van der Waals surface area contributed by atoms with Crippen LogP contribution in [0.1, 0.15) is 24.2 Å². The molecule has 1 fully saturated rings. The van der Waals surface area contributed by atoms with E-state index in [1.807, 2.05) is 31.2 Å². The van der Waals surface area contributed by atoms with Crippen LogP contribution >= 0.6 is 23.2 Å². The van der Waals surface area contributed by atoms with Crippen molar-refractivity contribution in [2.75, 3.05) is 24.6 Å². The number of carbonyl (C=O) groups excluding carboxylic acids is 2. The van der Waals surface area contributed by atoms with Gasteiger partial charge in [-0.3, -0.25) is 9.59 Å². The number of ether oxygens (including phenoxy) is 1. The molecule has 2 amide bonds. The molecular weight excluding hydrogens is 387 g/mol. The number of rotatable bonds is 4. The van der Waals surface area contributed by atoms with Crippen LogP contribution in [0.5, 0.6) is 5.75 Å². The van der Waals surface area contributed by atoms with Gasteiger partial charge in [0, 0.05) is 30.4 Å². The van der Waals surface area contributed by atoms with Gasteiger partial charge in [0.25, 0.3) is 5.91 Å². The number of halogens is 2. The molecule has 142 valence electrons. The topological polar surface area (TPSA) is 49.9 Å². The molecule has 2 aromatic rings. The minimum Gasteiger partial charge on any atom is -0.494 e. The molecule has 2 aromatic carbocycles. The molecule has 0 radical (unpaired) electrons. The molecule has 27 heavy (non-hydrogen) atoms. The molecule has 0 aliphatic carbocycles. The summed E-state index contributed by atoms with van der Waals surface area (Å²) in [6.07, 6.45) is 0. The van der Waals surface area contributed by atoms with Crippen molar-refractivity contribution in [3.05, 3.63) is 58.1 Å². The Balaban J connectivity index is 1.79. The lowest BCUT2D eigenvalue weighted by Crippen LogP contribution is -2.57. The molecule has 5 nitrogen and oxygen atoms in total. The Morgan fingerprint density at radius 2 is 1.93 bits per heavy atom. The Morgan fingerprint density at radius 3 is 2.63 bits per heavy atom. The van der Waals surface area contributed by atoms with Crippen LogP contribution in [0.2, 0.25) is 10.0 Å². The predicted octanol–water partition coefficient (Wildman–Crippen LogP) is 4.27. The van der Waals surface area contributed by atoms with Gasteiger partial charge in [-0.05, 0) is 44.2 Å². The molecule has 0 N–H and O–H groups in total. The van der Waals surface area contributed by atoms with Gasteiger partial charge in [-0.1, -0.05) is 29.3 Å². The summed E-state index contributed by atoms with van der Waals surface area (Å²) in [6, 6.07) is 11.5. The number of carbonyl (C=O) groups is 2. The van der Waals surface area contributed by atoms with Crippen molar-refractivity contribution in [3.8, 4) is 5.75 Å². The molecule has 1 atom stereocenters. The fourth-order valence-electron chi connectivity index (χ4n) is 3.11. The van der Waals surface area contributed by atoms with E-state index in [4.69, 9.17) is 27.9 Å². The maximum absolute atomic E-state index is 12.9. The first-order valence-electron chi connectivity index (χ1n) is 8.72. The SMILES string of the molecule is CCOc1cccc(N2CCN(C(=O)c3ccc(Cl)c(Cl)c3)C(C)C2=O)c1. The highest BCUT2D eigenvalue weighted by Gasteiger charge is 2.35. The van der Waals surface area contributed by atoms with Crippen LogP contribution < -0.4 is 9.64 Å². The van der Waals surface area contributed by atoms with Gasteiger partial charge < -0.3 is 14.5 Å². The van der Waals surface area contributed by atoms with E-state index in [0.717, 1.165) is 5.69 Å². The second-order valence-electron chi connectivity index (χ2n) is 6.22. The molecule has 1 aliphatic heterocycles. The van der Waals surface area contributed by atoms with E-state index in [0.29, 0.717) is 41.1 Å². The molecule has 7 heteroatoms. The van der Waals surface area contributed by atoms with Crippen molar-refractivity contribution in [2.24, 2.45) is 0 Å². The van der Waals surface area contributed by atoms with Crippen LogP contribution in [0.3, 0.4) is 0 Å². The Kier molecular flexibility index (Phi) is 5.92. The quantitative estimate of drug-likeness (QED) is 0.761. The summed E-state index contributed by atoms with van der Waals surface area (Å²) < 4.78 is 5.51. The van der Waals surface area contributed by atoms with E-state index in [1.54, 1.807) is 28.9 Å². The van der Waals surface area contributed by atoms with Crippen molar-refractivity contribution in [1.82, 2.24) is 4.90 Å². The monoisotopic (exact) mass is 406 g/mol. The Hall–Kier alpha value is -2.24. The van der Waals surface area contributed by atoms with Gasteiger partial charge in [0.05, 0.1) is 16.7 Å². The fourth-order valence-corrected chi connectivity index (χ4v) is 3.41. The van der Waals surface area contributed by atoms with E-state index in [-0.39, 0.29) is 11.8 Å². The zero-order chi connectivity index (χ0) is 19.6. The lowest BCUT2D eigenvalue weighted by molar-refractivity contribution is -0.124. The molecular formula is C20H20Cl2N2O3. The third kappa shape index (κ3) is 4.04. The van der Waals surface area contributed by atoms with Crippen LogP contribution in [0.4, 0.5) is 5.69 Å². The van der Waals surface area contributed by atoms with Crippen molar-refractivity contribution < 1.29 is 14.3 Å². The lowest BCUT2D eigenvalue weighted by atomic mass is 10.1. The zero-order valence-electron chi connectivity index (χ0n) is 15.1. The zero-order valence-corrected chi connectivity index (χ0v) is 16.6. The summed E-state index contributed by atoms with van der Waals surface area (Å²) >= 11 is 11.9. The molecule has 0 bridgehead atoms.